The summed E-state index contributed by atoms with van der Waals surface area (Å²) < 4.78 is 1.34. The second-order valence-corrected chi connectivity index (χ2v) is 7.62. The first-order valence-corrected chi connectivity index (χ1v) is 10.7. The lowest BCUT2D eigenvalue weighted by Crippen LogP contribution is -2.48. The minimum atomic E-state index is -0.676. The van der Waals surface area contributed by atoms with Gasteiger partial charge in [-0.25, -0.2) is 0 Å². The molecule has 1 saturated heterocycles. The lowest BCUT2D eigenvalue weighted by atomic mass is 10.1. The molecular weight excluding hydrogens is 424 g/mol. The predicted molar refractivity (Wildman–Crippen MR) is 124 cm³/mol. The van der Waals surface area contributed by atoms with Gasteiger partial charge in [0.1, 0.15) is 6.20 Å². The molecule has 10 heteroatoms. The van der Waals surface area contributed by atoms with Crippen LogP contribution in [0.5, 0.6) is 0 Å². The minimum absolute atomic E-state index is 0.0714. The summed E-state index contributed by atoms with van der Waals surface area (Å²) in [7, 11) is 0. The van der Waals surface area contributed by atoms with Crippen LogP contribution >= 0.6 is 0 Å². The predicted octanol–water partition coefficient (Wildman–Crippen LogP) is 3.03. The van der Waals surface area contributed by atoms with Gasteiger partial charge in [-0.3, -0.25) is 24.4 Å². The van der Waals surface area contributed by atoms with Crippen molar-refractivity contribution >= 4 is 28.9 Å². The molecule has 0 atom stereocenters. The standard InChI is InChI=1S/C23H24N6O4/c1-2-28-16-20(29(32)33)21(25-28)22(30)24-18-10-8-17(9-11-18)23(31)27-14-12-26(13-15-27)19-6-4-3-5-7-19/h3-11,16H,2,12-15H2,1H3,(H,24,30). The van der Waals surface area contributed by atoms with Gasteiger partial charge in [-0.1, -0.05) is 18.2 Å². The Bertz CT molecular complexity index is 1150. The van der Waals surface area contributed by atoms with Gasteiger partial charge < -0.3 is 15.1 Å². The summed E-state index contributed by atoms with van der Waals surface area (Å²) in [6.07, 6.45) is 1.23. The zero-order valence-electron chi connectivity index (χ0n) is 18.2. The van der Waals surface area contributed by atoms with Crippen molar-refractivity contribution in [3.05, 3.63) is 82.2 Å². The van der Waals surface area contributed by atoms with Gasteiger partial charge >= 0.3 is 5.69 Å². The van der Waals surface area contributed by atoms with Crippen LogP contribution < -0.4 is 10.2 Å². The van der Waals surface area contributed by atoms with Crippen LogP contribution in [-0.2, 0) is 6.54 Å². The molecule has 0 bridgehead atoms. The number of amides is 2. The molecule has 1 aliphatic heterocycles. The third-order valence-electron chi connectivity index (χ3n) is 5.56. The monoisotopic (exact) mass is 448 g/mol. The highest BCUT2D eigenvalue weighted by atomic mass is 16.6. The van der Waals surface area contributed by atoms with Gasteiger partial charge in [-0.15, -0.1) is 0 Å². The highest BCUT2D eigenvalue weighted by Gasteiger charge is 2.26. The maximum Gasteiger partial charge on any atom is 0.320 e. The summed E-state index contributed by atoms with van der Waals surface area (Å²) in [5, 5.41) is 17.8. The van der Waals surface area contributed by atoms with Crippen molar-refractivity contribution in [1.82, 2.24) is 14.7 Å². The van der Waals surface area contributed by atoms with E-state index < -0.39 is 10.8 Å². The van der Waals surface area contributed by atoms with E-state index in [0.29, 0.717) is 30.9 Å². The molecule has 1 N–H and O–H groups in total. The lowest BCUT2D eigenvalue weighted by molar-refractivity contribution is -0.385. The summed E-state index contributed by atoms with van der Waals surface area (Å²) >= 11 is 0. The van der Waals surface area contributed by atoms with Gasteiger partial charge in [0.15, 0.2) is 0 Å². The molecule has 33 heavy (non-hydrogen) atoms. The molecule has 2 aromatic carbocycles. The first kappa shape index (κ1) is 22.0. The van der Waals surface area contributed by atoms with Crippen molar-refractivity contribution in [3.8, 4) is 0 Å². The maximum absolute atomic E-state index is 12.9. The molecular formula is C23H24N6O4. The van der Waals surface area contributed by atoms with Crippen LogP contribution in [0.15, 0.2) is 60.8 Å². The van der Waals surface area contributed by atoms with Gasteiger partial charge in [0, 0.05) is 49.7 Å². The van der Waals surface area contributed by atoms with E-state index in [9.17, 15) is 19.7 Å². The number of carbonyl (C=O) groups excluding carboxylic acids is 2. The number of benzene rings is 2. The zero-order chi connectivity index (χ0) is 23.4. The highest BCUT2D eigenvalue weighted by Crippen LogP contribution is 2.20. The number of aryl methyl sites for hydroxylation is 1. The Kier molecular flexibility index (Phi) is 6.34. The van der Waals surface area contributed by atoms with E-state index in [0.717, 1.165) is 18.8 Å². The zero-order valence-corrected chi connectivity index (χ0v) is 18.2. The molecule has 1 aromatic heterocycles. The van der Waals surface area contributed by atoms with E-state index in [4.69, 9.17) is 0 Å². The van der Waals surface area contributed by atoms with Crippen molar-refractivity contribution < 1.29 is 14.5 Å². The molecule has 0 aliphatic carbocycles. The van der Waals surface area contributed by atoms with Gasteiger partial charge in [-0.05, 0) is 43.3 Å². The fraction of sp³-hybridized carbons (Fsp3) is 0.261. The van der Waals surface area contributed by atoms with E-state index in [1.165, 1.54) is 10.9 Å². The summed E-state index contributed by atoms with van der Waals surface area (Å²) in [4.78, 5) is 40.0. The molecule has 1 aliphatic rings. The summed E-state index contributed by atoms with van der Waals surface area (Å²) in [5.41, 5.74) is 1.48. The molecule has 2 amide bonds. The Morgan fingerprint density at radius 1 is 1.03 bits per heavy atom. The number of rotatable bonds is 6. The number of nitrogens with zero attached hydrogens (tertiary/aromatic N) is 5. The van der Waals surface area contributed by atoms with Gasteiger partial charge in [0.05, 0.1) is 4.92 Å². The van der Waals surface area contributed by atoms with E-state index in [2.05, 4.69) is 27.4 Å². The number of hydrogen-bond acceptors (Lipinski definition) is 6. The van der Waals surface area contributed by atoms with E-state index in [-0.39, 0.29) is 17.3 Å². The molecule has 1 fully saturated rings. The minimum Gasteiger partial charge on any atom is -0.368 e. The molecule has 0 unspecified atom stereocenters. The third kappa shape index (κ3) is 4.84. The number of piperazine rings is 1. The second kappa shape index (κ2) is 9.51. The average Bonchev–Trinajstić information content (AvgIpc) is 3.30. The van der Waals surface area contributed by atoms with Crippen molar-refractivity contribution in [2.45, 2.75) is 13.5 Å². The molecule has 3 aromatic rings. The molecule has 4 rings (SSSR count). The molecule has 0 saturated carbocycles. The number of para-hydroxylation sites is 1. The van der Waals surface area contributed by atoms with Gasteiger partial charge in [-0.2, -0.15) is 5.10 Å². The van der Waals surface area contributed by atoms with Crippen molar-refractivity contribution in [2.24, 2.45) is 0 Å². The van der Waals surface area contributed by atoms with E-state index in [1.807, 2.05) is 23.1 Å². The largest absolute Gasteiger partial charge is 0.368 e. The normalized spacial score (nSPS) is 13.6. The summed E-state index contributed by atoms with van der Waals surface area (Å²) in [6.45, 7) is 4.94. The first-order chi connectivity index (χ1) is 16.0. The third-order valence-corrected chi connectivity index (χ3v) is 5.56. The number of hydrogen-bond donors (Lipinski definition) is 1. The average molecular weight is 448 g/mol. The Hall–Kier alpha value is -4.21. The van der Waals surface area contributed by atoms with Crippen molar-refractivity contribution in [3.63, 3.8) is 0 Å². The van der Waals surface area contributed by atoms with Crippen LogP contribution in [0.2, 0.25) is 0 Å². The topological polar surface area (TPSA) is 114 Å². The fourth-order valence-electron chi connectivity index (χ4n) is 3.74. The van der Waals surface area contributed by atoms with Crippen LogP contribution in [0.1, 0.15) is 27.8 Å². The number of nitro groups is 1. The Morgan fingerprint density at radius 3 is 2.30 bits per heavy atom. The SMILES string of the molecule is CCn1cc([N+](=O)[O-])c(C(=O)Nc2ccc(C(=O)N3CCN(c4ccccc4)CC3)cc2)n1. The van der Waals surface area contributed by atoms with Crippen LogP contribution in [0.4, 0.5) is 17.1 Å². The van der Waals surface area contributed by atoms with Crippen LogP contribution in [0, 0.1) is 10.1 Å². The number of anilines is 2. The molecule has 0 radical (unpaired) electrons. The summed E-state index contributed by atoms with van der Waals surface area (Å²) in [5.74, 6) is -0.747. The molecule has 10 nitrogen and oxygen atoms in total. The van der Waals surface area contributed by atoms with Crippen molar-refractivity contribution in [1.29, 1.82) is 0 Å². The van der Waals surface area contributed by atoms with Crippen LogP contribution in [0.3, 0.4) is 0 Å². The first-order valence-electron chi connectivity index (χ1n) is 10.7. The highest BCUT2D eigenvalue weighted by molar-refractivity contribution is 6.05. The van der Waals surface area contributed by atoms with Crippen LogP contribution in [0.25, 0.3) is 0 Å². The lowest BCUT2D eigenvalue weighted by Gasteiger charge is -2.36. The van der Waals surface area contributed by atoms with Gasteiger partial charge in [0.25, 0.3) is 11.8 Å². The maximum atomic E-state index is 12.9. The van der Waals surface area contributed by atoms with Crippen LogP contribution in [-0.4, -0.2) is 57.6 Å². The Labute approximate surface area is 190 Å². The Balaban J connectivity index is 1.37. The molecule has 170 valence electrons. The molecule has 2 heterocycles. The molecule has 0 spiro atoms. The van der Waals surface area contributed by atoms with Gasteiger partial charge in [0.2, 0.25) is 5.69 Å². The van der Waals surface area contributed by atoms with E-state index in [1.54, 1.807) is 31.2 Å². The fourth-order valence-corrected chi connectivity index (χ4v) is 3.74. The Morgan fingerprint density at radius 2 is 1.70 bits per heavy atom. The quantitative estimate of drug-likeness (QED) is 0.458. The summed E-state index contributed by atoms with van der Waals surface area (Å²) in [6, 6.07) is 16.6. The number of carbonyl (C=O) groups is 2. The number of nitrogens with one attached hydrogen (secondary N) is 1. The van der Waals surface area contributed by atoms with E-state index >= 15 is 0 Å². The van der Waals surface area contributed by atoms with Crippen molar-refractivity contribution in [2.75, 3.05) is 36.4 Å². The number of aromatic nitrogens is 2. The second-order valence-electron chi connectivity index (χ2n) is 7.62. The smallest absolute Gasteiger partial charge is 0.320 e.